The minimum absolute atomic E-state index is 0.00347. The molecule has 0 radical (unpaired) electrons. The molecular formula is C10H19N3O3. The van der Waals surface area contributed by atoms with E-state index in [4.69, 9.17) is 10.8 Å². The highest BCUT2D eigenvalue weighted by Gasteiger charge is 2.42. The summed E-state index contributed by atoms with van der Waals surface area (Å²) in [5, 5.41) is 14.9. The number of nitrogens with one attached hydrogen (secondary N) is 2. The summed E-state index contributed by atoms with van der Waals surface area (Å²) in [5.41, 5.74) is 4.75. The SMILES string of the molecule is CC(C)C(NC1(CC(=O)O)CNC1)C(N)=O. The smallest absolute Gasteiger partial charge is 0.305 e. The number of carbonyl (C=O) groups is 2. The number of hydrogen-bond acceptors (Lipinski definition) is 4. The Bertz CT molecular complexity index is 287. The zero-order valence-electron chi connectivity index (χ0n) is 9.62. The Labute approximate surface area is 94.6 Å². The van der Waals surface area contributed by atoms with Crippen molar-refractivity contribution in [2.24, 2.45) is 11.7 Å². The Kier molecular flexibility index (Phi) is 3.88. The third-order valence-corrected chi connectivity index (χ3v) is 2.85. The number of amides is 1. The van der Waals surface area contributed by atoms with Crippen molar-refractivity contribution in [3.63, 3.8) is 0 Å². The maximum Gasteiger partial charge on any atom is 0.305 e. The predicted molar refractivity (Wildman–Crippen MR) is 58.8 cm³/mol. The molecule has 1 heterocycles. The molecule has 0 spiro atoms. The molecule has 1 rings (SSSR count). The van der Waals surface area contributed by atoms with E-state index in [9.17, 15) is 9.59 Å². The molecule has 1 aliphatic rings. The molecule has 6 nitrogen and oxygen atoms in total. The Hall–Kier alpha value is -1.14. The number of aliphatic carboxylic acids is 1. The summed E-state index contributed by atoms with van der Waals surface area (Å²) in [4.78, 5) is 22.0. The van der Waals surface area contributed by atoms with Crippen LogP contribution in [-0.4, -0.2) is 41.7 Å². The van der Waals surface area contributed by atoms with Crippen LogP contribution in [-0.2, 0) is 9.59 Å². The van der Waals surface area contributed by atoms with Gasteiger partial charge < -0.3 is 16.2 Å². The van der Waals surface area contributed by atoms with E-state index < -0.39 is 23.5 Å². The zero-order valence-corrected chi connectivity index (χ0v) is 9.62. The zero-order chi connectivity index (χ0) is 12.3. The van der Waals surface area contributed by atoms with Crippen molar-refractivity contribution in [1.29, 1.82) is 0 Å². The first kappa shape index (κ1) is 12.9. The Morgan fingerprint density at radius 3 is 2.31 bits per heavy atom. The average Bonchev–Trinajstić information content (AvgIpc) is 2.07. The fourth-order valence-corrected chi connectivity index (χ4v) is 1.89. The molecule has 0 saturated carbocycles. The minimum Gasteiger partial charge on any atom is -0.481 e. The van der Waals surface area contributed by atoms with Gasteiger partial charge in [-0.2, -0.15) is 0 Å². The van der Waals surface area contributed by atoms with Gasteiger partial charge in [0, 0.05) is 13.1 Å². The Morgan fingerprint density at radius 2 is 2.06 bits per heavy atom. The second-order valence-electron chi connectivity index (χ2n) is 4.72. The van der Waals surface area contributed by atoms with Crippen molar-refractivity contribution >= 4 is 11.9 Å². The largest absolute Gasteiger partial charge is 0.481 e. The molecule has 0 aromatic heterocycles. The van der Waals surface area contributed by atoms with Crippen LogP contribution in [0, 0.1) is 5.92 Å². The average molecular weight is 229 g/mol. The van der Waals surface area contributed by atoms with Gasteiger partial charge in [-0.25, -0.2) is 0 Å². The van der Waals surface area contributed by atoms with Crippen LogP contribution in [0.3, 0.4) is 0 Å². The maximum absolute atomic E-state index is 11.2. The molecule has 6 heteroatoms. The highest BCUT2D eigenvalue weighted by Crippen LogP contribution is 2.18. The van der Waals surface area contributed by atoms with Crippen molar-refractivity contribution in [2.75, 3.05) is 13.1 Å². The summed E-state index contributed by atoms with van der Waals surface area (Å²) in [6.07, 6.45) is -0.00347. The molecule has 1 saturated heterocycles. The second kappa shape index (κ2) is 4.80. The van der Waals surface area contributed by atoms with Gasteiger partial charge in [0.05, 0.1) is 18.0 Å². The van der Waals surface area contributed by atoms with Crippen LogP contribution in [0.4, 0.5) is 0 Å². The van der Waals surface area contributed by atoms with Crippen LogP contribution in [0.15, 0.2) is 0 Å². The molecule has 1 aliphatic heterocycles. The minimum atomic E-state index is -0.874. The molecule has 0 bridgehead atoms. The predicted octanol–water partition coefficient (Wildman–Crippen LogP) is -1.10. The van der Waals surface area contributed by atoms with Gasteiger partial charge in [-0.15, -0.1) is 0 Å². The van der Waals surface area contributed by atoms with Gasteiger partial charge in [0.1, 0.15) is 0 Å². The molecule has 1 atom stereocenters. The quantitative estimate of drug-likeness (QED) is 0.463. The van der Waals surface area contributed by atoms with E-state index in [2.05, 4.69) is 10.6 Å². The van der Waals surface area contributed by atoms with Gasteiger partial charge in [0.15, 0.2) is 0 Å². The van der Waals surface area contributed by atoms with E-state index >= 15 is 0 Å². The van der Waals surface area contributed by atoms with Crippen LogP contribution < -0.4 is 16.4 Å². The molecule has 0 aliphatic carbocycles. The van der Waals surface area contributed by atoms with E-state index in [-0.39, 0.29) is 12.3 Å². The highest BCUT2D eigenvalue weighted by atomic mass is 16.4. The van der Waals surface area contributed by atoms with Gasteiger partial charge in [0.2, 0.25) is 5.91 Å². The van der Waals surface area contributed by atoms with E-state index in [0.29, 0.717) is 13.1 Å². The lowest BCUT2D eigenvalue weighted by molar-refractivity contribution is -0.140. The first-order valence-corrected chi connectivity index (χ1v) is 5.36. The number of hydrogen-bond donors (Lipinski definition) is 4. The third kappa shape index (κ3) is 2.93. The van der Waals surface area contributed by atoms with Crippen LogP contribution in [0.25, 0.3) is 0 Å². The number of carbonyl (C=O) groups excluding carboxylic acids is 1. The molecule has 1 fully saturated rings. The number of carboxylic acid groups (broad SMARTS) is 1. The summed E-state index contributed by atoms with van der Waals surface area (Å²) < 4.78 is 0. The van der Waals surface area contributed by atoms with Crippen molar-refractivity contribution in [3.05, 3.63) is 0 Å². The second-order valence-corrected chi connectivity index (χ2v) is 4.72. The fourth-order valence-electron chi connectivity index (χ4n) is 1.89. The van der Waals surface area contributed by atoms with Crippen molar-refractivity contribution in [1.82, 2.24) is 10.6 Å². The molecule has 0 aromatic carbocycles. The highest BCUT2D eigenvalue weighted by molar-refractivity contribution is 5.80. The lowest BCUT2D eigenvalue weighted by Gasteiger charge is -2.45. The van der Waals surface area contributed by atoms with Crippen LogP contribution >= 0.6 is 0 Å². The van der Waals surface area contributed by atoms with Gasteiger partial charge in [0.25, 0.3) is 0 Å². The monoisotopic (exact) mass is 229 g/mol. The first-order chi connectivity index (χ1) is 7.36. The van der Waals surface area contributed by atoms with E-state index in [1.807, 2.05) is 13.8 Å². The normalized spacial score (nSPS) is 20.2. The van der Waals surface area contributed by atoms with Crippen LogP contribution in [0.1, 0.15) is 20.3 Å². The Morgan fingerprint density at radius 1 is 1.50 bits per heavy atom. The van der Waals surface area contributed by atoms with E-state index in [1.54, 1.807) is 0 Å². The molecule has 1 amide bonds. The summed E-state index contributed by atoms with van der Waals surface area (Å²) in [5.74, 6) is -1.27. The summed E-state index contributed by atoms with van der Waals surface area (Å²) in [6, 6.07) is -0.485. The molecule has 5 N–H and O–H groups in total. The van der Waals surface area contributed by atoms with Crippen LogP contribution in [0.5, 0.6) is 0 Å². The number of nitrogens with two attached hydrogens (primary N) is 1. The third-order valence-electron chi connectivity index (χ3n) is 2.85. The van der Waals surface area contributed by atoms with Crippen LogP contribution in [0.2, 0.25) is 0 Å². The van der Waals surface area contributed by atoms with Crippen molar-refractivity contribution < 1.29 is 14.7 Å². The first-order valence-electron chi connectivity index (χ1n) is 5.36. The number of rotatable bonds is 6. The maximum atomic E-state index is 11.2. The van der Waals surface area contributed by atoms with Gasteiger partial charge in [-0.05, 0) is 5.92 Å². The topological polar surface area (TPSA) is 104 Å². The van der Waals surface area contributed by atoms with E-state index in [1.165, 1.54) is 0 Å². The summed E-state index contributed by atoms with van der Waals surface area (Å²) in [6.45, 7) is 4.86. The fraction of sp³-hybridized carbons (Fsp3) is 0.800. The molecule has 92 valence electrons. The molecule has 16 heavy (non-hydrogen) atoms. The summed E-state index contributed by atoms with van der Waals surface area (Å²) in [7, 11) is 0. The van der Waals surface area contributed by atoms with Gasteiger partial charge >= 0.3 is 5.97 Å². The summed E-state index contributed by atoms with van der Waals surface area (Å²) >= 11 is 0. The van der Waals surface area contributed by atoms with Crippen molar-refractivity contribution in [3.8, 4) is 0 Å². The number of carboxylic acids is 1. The van der Waals surface area contributed by atoms with Crippen molar-refractivity contribution in [2.45, 2.75) is 31.8 Å². The van der Waals surface area contributed by atoms with E-state index in [0.717, 1.165) is 0 Å². The lowest BCUT2D eigenvalue weighted by Crippen LogP contribution is -2.72. The molecule has 1 unspecified atom stereocenters. The molecular weight excluding hydrogens is 210 g/mol. The standard InChI is InChI=1S/C10H19N3O3/c1-6(2)8(9(11)16)13-10(3-7(14)15)4-12-5-10/h6,8,12-13H,3-5H2,1-2H3,(H2,11,16)(H,14,15). The Balaban J connectivity index is 2.67. The number of primary amides is 1. The van der Waals surface area contributed by atoms with Gasteiger partial charge in [-0.1, -0.05) is 13.8 Å². The van der Waals surface area contributed by atoms with Gasteiger partial charge in [-0.3, -0.25) is 14.9 Å². The lowest BCUT2D eigenvalue weighted by atomic mass is 9.86. The molecule has 0 aromatic rings.